The van der Waals surface area contributed by atoms with Crippen molar-refractivity contribution in [1.29, 1.82) is 0 Å². The Kier molecular flexibility index (Phi) is 2.79. The number of ketones is 1. The van der Waals surface area contributed by atoms with Crippen LogP contribution in [0.15, 0.2) is 36.5 Å². The molecule has 1 aliphatic heterocycles. The second-order valence-corrected chi connectivity index (χ2v) is 4.18. The number of aryl methyl sites for hydroxylation is 1. The lowest BCUT2D eigenvalue weighted by atomic mass is 10.1. The Bertz CT molecular complexity index is 658. The van der Waals surface area contributed by atoms with Crippen molar-refractivity contribution < 1.29 is 14.3 Å². The fourth-order valence-electron chi connectivity index (χ4n) is 1.83. The second-order valence-electron chi connectivity index (χ2n) is 4.18. The number of benzene rings is 1. The van der Waals surface area contributed by atoms with Crippen LogP contribution in [0.1, 0.15) is 16.1 Å². The van der Waals surface area contributed by atoms with E-state index in [9.17, 15) is 4.79 Å². The summed E-state index contributed by atoms with van der Waals surface area (Å²) in [4.78, 5) is 12.0. The molecular weight excluding hydrogens is 244 g/mol. The van der Waals surface area contributed by atoms with Crippen molar-refractivity contribution in [3.05, 3.63) is 47.8 Å². The van der Waals surface area contributed by atoms with E-state index >= 15 is 0 Å². The van der Waals surface area contributed by atoms with Crippen molar-refractivity contribution in [2.75, 3.05) is 6.79 Å². The van der Waals surface area contributed by atoms with E-state index in [0.717, 1.165) is 5.69 Å². The Hall–Kier alpha value is -2.56. The van der Waals surface area contributed by atoms with E-state index in [1.54, 1.807) is 29.0 Å². The number of hydrogen-bond acceptors (Lipinski definition) is 4. The van der Waals surface area contributed by atoms with Gasteiger partial charge in [-0.15, -0.1) is 0 Å². The molecule has 0 spiro atoms. The minimum absolute atomic E-state index is 0.0936. The number of hydrogen-bond donors (Lipinski definition) is 0. The highest BCUT2D eigenvalue weighted by molar-refractivity contribution is 6.07. The maximum atomic E-state index is 12.0. The van der Waals surface area contributed by atoms with E-state index in [2.05, 4.69) is 5.10 Å². The van der Waals surface area contributed by atoms with E-state index < -0.39 is 0 Å². The van der Waals surface area contributed by atoms with Gasteiger partial charge >= 0.3 is 0 Å². The van der Waals surface area contributed by atoms with Gasteiger partial charge in [-0.05, 0) is 36.4 Å². The molecule has 96 valence electrons. The van der Waals surface area contributed by atoms with Crippen molar-refractivity contribution in [2.45, 2.75) is 0 Å². The maximum Gasteiger partial charge on any atom is 0.231 e. The summed E-state index contributed by atoms with van der Waals surface area (Å²) in [7, 11) is 1.83. The molecule has 5 heteroatoms. The van der Waals surface area contributed by atoms with Crippen LogP contribution in [0.4, 0.5) is 0 Å². The van der Waals surface area contributed by atoms with Gasteiger partial charge in [0.2, 0.25) is 6.79 Å². The fraction of sp³-hybridized carbons (Fsp3) is 0.143. The van der Waals surface area contributed by atoms with Gasteiger partial charge in [0, 0.05) is 18.8 Å². The third-order valence-corrected chi connectivity index (χ3v) is 2.80. The van der Waals surface area contributed by atoms with Crippen LogP contribution in [-0.2, 0) is 7.05 Å². The molecule has 0 amide bonds. The van der Waals surface area contributed by atoms with Gasteiger partial charge in [-0.1, -0.05) is 0 Å². The van der Waals surface area contributed by atoms with E-state index in [-0.39, 0.29) is 12.6 Å². The molecule has 19 heavy (non-hydrogen) atoms. The summed E-state index contributed by atoms with van der Waals surface area (Å²) >= 11 is 0. The van der Waals surface area contributed by atoms with Gasteiger partial charge in [0.1, 0.15) is 0 Å². The molecule has 0 saturated carbocycles. The lowest BCUT2D eigenvalue weighted by molar-refractivity contribution is 0.104. The summed E-state index contributed by atoms with van der Waals surface area (Å²) in [5.74, 6) is 1.19. The summed E-state index contributed by atoms with van der Waals surface area (Å²) in [5.41, 5.74) is 1.31. The summed E-state index contributed by atoms with van der Waals surface area (Å²) in [6.45, 7) is 0.205. The first-order valence-electron chi connectivity index (χ1n) is 5.84. The van der Waals surface area contributed by atoms with Crippen molar-refractivity contribution >= 4 is 11.9 Å². The summed E-state index contributed by atoms with van der Waals surface area (Å²) in [5, 5.41) is 4.17. The zero-order valence-electron chi connectivity index (χ0n) is 10.4. The number of allylic oxidation sites excluding steroid dienone is 1. The van der Waals surface area contributed by atoms with Crippen molar-refractivity contribution in [1.82, 2.24) is 9.78 Å². The predicted molar refractivity (Wildman–Crippen MR) is 69.1 cm³/mol. The van der Waals surface area contributed by atoms with Gasteiger partial charge in [-0.25, -0.2) is 0 Å². The largest absolute Gasteiger partial charge is 0.454 e. The molecule has 0 radical (unpaired) electrons. The highest BCUT2D eigenvalue weighted by atomic mass is 16.7. The van der Waals surface area contributed by atoms with E-state index in [4.69, 9.17) is 9.47 Å². The monoisotopic (exact) mass is 256 g/mol. The molecule has 3 rings (SSSR count). The maximum absolute atomic E-state index is 12.0. The molecule has 5 nitrogen and oxygen atoms in total. The fourth-order valence-corrected chi connectivity index (χ4v) is 1.83. The van der Waals surface area contributed by atoms with Crippen LogP contribution in [0.3, 0.4) is 0 Å². The number of carbonyl (C=O) groups excluding carboxylic acids is 1. The van der Waals surface area contributed by atoms with E-state index in [1.165, 1.54) is 6.08 Å². The smallest absolute Gasteiger partial charge is 0.231 e. The Labute approximate surface area is 110 Å². The molecule has 0 fully saturated rings. The van der Waals surface area contributed by atoms with Gasteiger partial charge in [-0.2, -0.15) is 5.10 Å². The number of rotatable bonds is 3. The molecular formula is C14H12N2O3. The molecule has 2 aromatic rings. The van der Waals surface area contributed by atoms with Crippen LogP contribution in [0.2, 0.25) is 0 Å². The molecule has 0 bridgehead atoms. The number of fused-ring (bicyclic) bond motifs is 1. The molecule has 1 aromatic heterocycles. The molecule has 0 aliphatic carbocycles. The molecule has 2 heterocycles. The Morgan fingerprint density at radius 2 is 2.16 bits per heavy atom. The van der Waals surface area contributed by atoms with Gasteiger partial charge in [-0.3, -0.25) is 9.48 Å². The number of carbonyl (C=O) groups is 1. The predicted octanol–water partition coefficient (Wildman–Crippen LogP) is 2.04. The molecule has 0 unspecified atom stereocenters. The normalized spacial score (nSPS) is 13.1. The zero-order valence-corrected chi connectivity index (χ0v) is 10.4. The van der Waals surface area contributed by atoms with Crippen molar-refractivity contribution in [2.24, 2.45) is 7.05 Å². The van der Waals surface area contributed by atoms with Gasteiger partial charge < -0.3 is 9.47 Å². The van der Waals surface area contributed by atoms with Crippen LogP contribution in [0, 0.1) is 0 Å². The third-order valence-electron chi connectivity index (χ3n) is 2.80. The quantitative estimate of drug-likeness (QED) is 0.623. The lowest BCUT2D eigenvalue weighted by Gasteiger charge is -1.98. The Morgan fingerprint density at radius 3 is 2.95 bits per heavy atom. The van der Waals surface area contributed by atoms with Crippen LogP contribution in [0.25, 0.3) is 6.08 Å². The first-order valence-corrected chi connectivity index (χ1v) is 5.84. The van der Waals surface area contributed by atoms with Gasteiger partial charge in [0.05, 0.1) is 5.69 Å². The van der Waals surface area contributed by atoms with Gasteiger partial charge in [0.15, 0.2) is 17.3 Å². The summed E-state index contributed by atoms with van der Waals surface area (Å²) in [6.07, 6.45) is 5.01. The third kappa shape index (κ3) is 2.35. The highest BCUT2D eigenvalue weighted by Gasteiger charge is 2.14. The first-order chi connectivity index (χ1) is 9.22. The van der Waals surface area contributed by atoms with Gasteiger partial charge in [0.25, 0.3) is 0 Å². The number of aromatic nitrogens is 2. The zero-order chi connectivity index (χ0) is 13.2. The lowest BCUT2D eigenvalue weighted by Crippen LogP contribution is -1.94. The Morgan fingerprint density at radius 1 is 1.32 bits per heavy atom. The average Bonchev–Trinajstić information content (AvgIpc) is 3.03. The van der Waals surface area contributed by atoms with E-state index in [0.29, 0.717) is 17.1 Å². The average molecular weight is 256 g/mol. The van der Waals surface area contributed by atoms with Crippen LogP contribution in [0.5, 0.6) is 11.5 Å². The van der Waals surface area contributed by atoms with E-state index in [1.807, 2.05) is 19.3 Å². The minimum atomic E-state index is -0.0936. The van der Waals surface area contributed by atoms with Crippen molar-refractivity contribution in [3.8, 4) is 11.5 Å². The SMILES string of the molecule is Cn1ccc(/C=C/C(=O)c2ccc3c(c2)OCO3)n1. The van der Waals surface area contributed by atoms with Crippen LogP contribution < -0.4 is 9.47 Å². The topological polar surface area (TPSA) is 53.4 Å². The molecule has 0 N–H and O–H groups in total. The highest BCUT2D eigenvalue weighted by Crippen LogP contribution is 2.32. The van der Waals surface area contributed by atoms with Crippen LogP contribution >= 0.6 is 0 Å². The van der Waals surface area contributed by atoms with Crippen LogP contribution in [-0.4, -0.2) is 22.4 Å². The molecule has 0 atom stereocenters. The standard InChI is InChI=1S/C14H12N2O3/c1-16-7-6-11(15-16)3-4-12(17)10-2-5-13-14(8-10)19-9-18-13/h2-8H,9H2,1H3/b4-3+. The second kappa shape index (κ2) is 4.61. The van der Waals surface area contributed by atoms with Crippen molar-refractivity contribution in [3.63, 3.8) is 0 Å². The first kappa shape index (κ1) is 11.5. The molecule has 1 aliphatic rings. The summed E-state index contributed by atoms with van der Waals surface area (Å²) < 4.78 is 12.1. The molecule has 0 saturated heterocycles. The molecule has 1 aromatic carbocycles. The number of ether oxygens (including phenoxy) is 2. The number of nitrogens with zero attached hydrogens (tertiary/aromatic N) is 2. The Balaban J connectivity index is 1.79. The minimum Gasteiger partial charge on any atom is -0.454 e. The summed E-state index contributed by atoms with van der Waals surface area (Å²) in [6, 6.07) is 6.99.